The van der Waals surface area contributed by atoms with Crippen LogP contribution in [0.2, 0.25) is 0 Å². The Hall–Kier alpha value is -1.46. The Bertz CT molecular complexity index is 486. The van der Waals surface area contributed by atoms with Crippen molar-refractivity contribution in [1.82, 2.24) is 9.80 Å². The van der Waals surface area contributed by atoms with E-state index in [4.69, 9.17) is 18.0 Å². The fraction of sp³-hybridized carbons (Fsp3) is 0.467. The van der Waals surface area contributed by atoms with Crippen LogP contribution in [0.3, 0.4) is 0 Å². The Morgan fingerprint density at radius 2 is 1.90 bits per heavy atom. The number of carbonyl (C=O) groups excluding carboxylic acids is 1. The van der Waals surface area contributed by atoms with Crippen LogP contribution in [0, 0.1) is 0 Å². The molecule has 1 aromatic rings. The number of carbonyl (C=O) groups is 1. The van der Waals surface area contributed by atoms with E-state index in [0.29, 0.717) is 11.4 Å². The van der Waals surface area contributed by atoms with Crippen molar-refractivity contribution in [3.05, 3.63) is 35.4 Å². The van der Waals surface area contributed by atoms with Gasteiger partial charge in [-0.3, -0.25) is 4.79 Å². The maximum atomic E-state index is 12.3. The zero-order chi connectivity index (χ0) is 14.5. The Morgan fingerprint density at radius 3 is 2.55 bits per heavy atom. The maximum Gasteiger partial charge on any atom is 0.227 e. The fourth-order valence-corrected chi connectivity index (χ4v) is 2.51. The lowest BCUT2D eigenvalue weighted by molar-refractivity contribution is -0.130. The maximum absolute atomic E-state index is 12.3. The first kappa shape index (κ1) is 14.9. The zero-order valence-electron chi connectivity index (χ0n) is 11.8. The van der Waals surface area contributed by atoms with Crippen molar-refractivity contribution in [2.45, 2.75) is 12.8 Å². The third-order valence-electron chi connectivity index (χ3n) is 3.67. The van der Waals surface area contributed by atoms with Crippen molar-refractivity contribution >= 4 is 23.1 Å². The highest BCUT2D eigenvalue weighted by Gasteiger charge is 2.17. The van der Waals surface area contributed by atoms with Crippen LogP contribution in [0.15, 0.2) is 24.3 Å². The van der Waals surface area contributed by atoms with Gasteiger partial charge in [0.2, 0.25) is 5.91 Å². The molecular weight excluding hydrogens is 270 g/mol. The molecule has 0 radical (unpaired) electrons. The summed E-state index contributed by atoms with van der Waals surface area (Å²) in [7, 11) is 2.10. The van der Waals surface area contributed by atoms with Crippen LogP contribution in [-0.4, -0.2) is 53.9 Å². The minimum atomic E-state index is 0.198. The van der Waals surface area contributed by atoms with Crippen LogP contribution in [0.5, 0.6) is 0 Å². The van der Waals surface area contributed by atoms with Crippen molar-refractivity contribution in [3.8, 4) is 0 Å². The first-order valence-electron chi connectivity index (χ1n) is 6.91. The van der Waals surface area contributed by atoms with Crippen LogP contribution >= 0.6 is 12.2 Å². The van der Waals surface area contributed by atoms with Gasteiger partial charge in [0.1, 0.15) is 4.99 Å². The lowest BCUT2D eigenvalue weighted by Gasteiger charge is -2.20. The Morgan fingerprint density at radius 1 is 1.20 bits per heavy atom. The van der Waals surface area contributed by atoms with Gasteiger partial charge in [0, 0.05) is 25.2 Å². The molecular formula is C15H21N3OS. The van der Waals surface area contributed by atoms with Gasteiger partial charge in [-0.2, -0.15) is 0 Å². The van der Waals surface area contributed by atoms with Crippen molar-refractivity contribution in [3.63, 3.8) is 0 Å². The number of thiocarbonyl (C=S) groups is 1. The minimum absolute atomic E-state index is 0.198. The highest BCUT2D eigenvalue weighted by Crippen LogP contribution is 2.09. The molecule has 108 valence electrons. The van der Waals surface area contributed by atoms with Gasteiger partial charge in [-0.05, 0) is 25.6 Å². The largest absolute Gasteiger partial charge is 0.389 e. The van der Waals surface area contributed by atoms with E-state index in [9.17, 15) is 4.79 Å². The number of rotatable bonds is 3. The molecule has 0 saturated carbocycles. The van der Waals surface area contributed by atoms with Gasteiger partial charge in [-0.15, -0.1) is 0 Å². The molecule has 0 unspecified atom stereocenters. The molecule has 1 fully saturated rings. The standard InChI is InChI=1S/C15H21N3OS/c1-17-7-2-8-18(10-9-17)14(19)11-12-3-5-13(6-4-12)15(16)20/h3-6H,2,7-11H2,1H3,(H2,16,20). The lowest BCUT2D eigenvalue weighted by Crippen LogP contribution is -2.35. The normalized spacial score (nSPS) is 16.8. The molecule has 2 rings (SSSR count). The van der Waals surface area contributed by atoms with E-state index in [-0.39, 0.29) is 5.91 Å². The lowest BCUT2D eigenvalue weighted by atomic mass is 10.1. The molecule has 0 atom stereocenters. The summed E-state index contributed by atoms with van der Waals surface area (Å²) in [4.78, 5) is 16.9. The van der Waals surface area contributed by atoms with Gasteiger partial charge in [0.25, 0.3) is 0 Å². The highest BCUT2D eigenvalue weighted by molar-refractivity contribution is 7.80. The summed E-state index contributed by atoms with van der Waals surface area (Å²) < 4.78 is 0. The van der Waals surface area contributed by atoms with Gasteiger partial charge < -0.3 is 15.5 Å². The topological polar surface area (TPSA) is 49.6 Å². The van der Waals surface area contributed by atoms with E-state index < -0.39 is 0 Å². The molecule has 0 aromatic heterocycles. The summed E-state index contributed by atoms with van der Waals surface area (Å²) in [5.41, 5.74) is 7.41. The minimum Gasteiger partial charge on any atom is -0.389 e. The third-order valence-corrected chi connectivity index (χ3v) is 3.90. The van der Waals surface area contributed by atoms with Crippen LogP contribution in [-0.2, 0) is 11.2 Å². The van der Waals surface area contributed by atoms with Gasteiger partial charge in [0.05, 0.1) is 6.42 Å². The van der Waals surface area contributed by atoms with E-state index >= 15 is 0 Å². The molecule has 1 aliphatic heterocycles. The molecule has 0 bridgehead atoms. The van der Waals surface area contributed by atoms with Crippen molar-refractivity contribution in [2.24, 2.45) is 5.73 Å². The monoisotopic (exact) mass is 291 g/mol. The first-order chi connectivity index (χ1) is 9.56. The summed E-state index contributed by atoms with van der Waals surface area (Å²) in [6.45, 7) is 3.69. The molecule has 2 N–H and O–H groups in total. The second-order valence-electron chi connectivity index (χ2n) is 5.28. The average Bonchev–Trinajstić information content (AvgIpc) is 2.64. The quantitative estimate of drug-likeness (QED) is 0.845. The fourth-order valence-electron chi connectivity index (χ4n) is 2.37. The van der Waals surface area contributed by atoms with E-state index in [1.807, 2.05) is 29.2 Å². The summed E-state index contributed by atoms with van der Waals surface area (Å²) >= 11 is 4.92. The number of nitrogens with two attached hydrogens (primary N) is 1. The molecule has 5 heteroatoms. The molecule has 1 saturated heterocycles. The van der Waals surface area contributed by atoms with Crippen LogP contribution in [0.1, 0.15) is 17.5 Å². The Labute approximate surface area is 125 Å². The summed E-state index contributed by atoms with van der Waals surface area (Å²) in [6.07, 6.45) is 1.49. The van der Waals surface area contributed by atoms with E-state index in [2.05, 4.69) is 11.9 Å². The van der Waals surface area contributed by atoms with Crippen LogP contribution in [0.25, 0.3) is 0 Å². The predicted molar refractivity (Wildman–Crippen MR) is 84.7 cm³/mol. The molecule has 1 aromatic carbocycles. The molecule has 4 nitrogen and oxygen atoms in total. The number of nitrogens with zero attached hydrogens (tertiary/aromatic N) is 2. The molecule has 1 aliphatic rings. The molecule has 20 heavy (non-hydrogen) atoms. The smallest absolute Gasteiger partial charge is 0.227 e. The molecule has 0 spiro atoms. The number of likely N-dealkylation sites (N-methyl/N-ethyl adjacent to an activating group) is 1. The summed E-state index contributed by atoms with van der Waals surface area (Å²) in [5.74, 6) is 0.198. The number of amides is 1. The summed E-state index contributed by atoms with van der Waals surface area (Å²) in [6, 6.07) is 7.61. The van der Waals surface area contributed by atoms with Crippen LogP contribution < -0.4 is 5.73 Å². The number of hydrogen-bond donors (Lipinski definition) is 1. The SMILES string of the molecule is CN1CCCN(C(=O)Cc2ccc(C(N)=S)cc2)CC1. The Kier molecular flexibility index (Phi) is 5.09. The molecule has 1 amide bonds. The molecule has 1 heterocycles. The first-order valence-corrected chi connectivity index (χ1v) is 7.32. The molecule has 0 aliphatic carbocycles. The van der Waals surface area contributed by atoms with Gasteiger partial charge >= 0.3 is 0 Å². The summed E-state index contributed by atoms with van der Waals surface area (Å²) in [5, 5.41) is 0. The van der Waals surface area contributed by atoms with Crippen molar-refractivity contribution in [2.75, 3.05) is 33.2 Å². The van der Waals surface area contributed by atoms with E-state index in [0.717, 1.165) is 43.7 Å². The highest BCUT2D eigenvalue weighted by atomic mass is 32.1. The van der Waals surface area contributed by atoms with Gasteiger partial charge in [-0.1, -0.05) is 36.5 Å². The van der Waals surface area contributed by atoms with E-state index in [1.54, 1.807) is 0 Å². The van der Waals surface area contributed by atoms with Crippen molar-refractivity contribution in [1.29, 1.82) is 0 Å². The second kappa shape index (κ2) is 6.81. The second-order valence-corrected chi connectivity index (χ2v) is 5.72. The number of hydrogen-bond acceptors (Lipinski definition) is 3. The average molecular weight is 291 g/mol. The predicted octanol–water partition coefficient (Wildman–Crippen LogP) is 1.03. The Balaban J connectivity index is 1.95. The number of benzene rings is 1. The van der Waals surface area contributed by atoms with Gasteiger partial charge in [-0.25, -0.2) is 0 Å². The van der Waals surface area contributed by atoms with Crippen LogP contribution in [0.4, 0.5) is 0 Å². The van der Waals surface area contributed by atoms with Gasteiger partial charge in [0.15, 0.2) is 0 Å². The third kappa shape index (κ3) is 4.02. The zero-order valence-corrected chi connectivity index (χ0v) is 12.7. The van der Waals surface area contributed by atoms with Crippen molar-refractivity contribution < 1.29 is 4.79 Å². The van der Waals surface area contributed by atoms with E-state index in [1.165, 1.54) is 0 Å².